The van der Waals surface area contributed by atoms with Crippen LogP contribution in [0.15, 0.2) is 30.3 Å². The summed E-state index contributed by atoms with van der Waals surface area (Å²) in [5, 5.41) is 13.2. The summed E-state index contributed by atoms with van der Waals surface area (Å²) >= 11 is 0. The zero-order valence-electron chi connectivity index (χ0n) is 11.7. The molecule has 0 spiro atoms. The number of hydrogen-bond donors (Lipinski definition) is 1. The van der Waals surface area contributed by atoms with Gasteiger partial charge in [-0.05, 0) is 32.3 Å². The molecule has 0 saturated heterocycles. The van der Waals surface area contributed by atoms with E-state index in [1.807, 2.05) is 44.2 Å². The Balaban J connectivity index is 2.13. The zero-order chi connectivity index (χ0) is 13.7. The highest BCUT2D eigenvalue weighted by Gasteiger charge is 2.37. The minimum atomic E-state index is -0.614. The fraction of sp³-hybridized carbons (Fsp3) is 0.562. The fourth-order valence-electron chi connectivity index (χ4n) is 2.20. The summed E-state index contributed by atoms with van der Waals surface area (Å²) in [5.41, 5.74) is 0.425. The van der Waals surface area contributed by atoms with Crippen LogP contribution in [-0.4, -0.2) is 18.8 Å². The van der Waals surface area contributed by atoms with Gasteiger partial charge in [0.05, 0.1) is 18.8 Å². The molecule has 1 aromatic carbocycles. The molecule has 0 aliphatic heterocycles. The Morgan fingerprint density at radius 3 is 2.58 bits per heavy atom. The maximum absolute atomic E-state index is 9.70. The largest absolute Gasteiger partial charge is 0.379 e. The van der Waals surface area contributed by atoms with Crippen molar-refractivity contribution in [2.24, 2.45) is 0 Å². The number of benzene rings is 1. The maximum Gasteiger partial charge on any atom is 0.134 e. The van der Waals surface area contributed by atoms with Gasteiger partial charge in [-0.2, -0.15) is 5.26 Å². The number of ether oxygens (including phenoxy) is 1. The van der Waals surface area contributed by atoms with Gasteiger partial charge in [0.25, 0.3) is 0 Å². The average Bonchev–Trinajstić information content (AvgIpc) is 3.22. The topological polar surface area (TPSA) is 45.0 Å². The van der Waals surface area contributed by atoms with Crippen molar-refractivity contribution in [2.45, 2.75) is 50.8 Å². The summed E-state index contributed by atoms with van der Waals surface area (Å²) < 4.78 is 5.63. The summed E-state index contributed by atoms with van der Waals surface area (Å²) in [6.07, 6.45) is 3.22. The van der Waals surface area contributed by atoms with Gasteiger partial charge >= 0.3 is 0 Å². The van der Waals surface area contributed by atoms with E-state index in [2.05, 4.69) is 11.4 Å². The average molecular weight is 258 g/mol. The lowest BCUT2D eigenvalue weighted by molar-refractivity contribution is 0.0653. The molecule has 1 aliphatic rings. The predicted octanol–water partition coefficient (Wildman–Crippen LogP) is 2.97. The molecular formula is C16H22N2O. The molecular weight excluding hydrogens is 236 g/mol. The zero-order valence-corrected chi connectivity index (χ0v) is 11.7. The minimum Gasteiger partial charge on any atom is -0.379 e. The quantitative estimate of drug-likeness (QED) is 0.817. The molecule has 1 aromatic rings. The first-order valence-electron chi connectivity index (χ1n) is 7.02. The molecule has 1 fully saturated rings. The molecule has 1 unspecified atom stereocenters. The van der Waals surface area contributed by atoms with E-state index in [0.717, 1.165) is 5.56 Å². The summed E-state index contributed by atoms with van der Waals surface area (Å²) in [4.78, 5) is 0. The van der Waals surface area contributed by atoms with Crippen LogP contribution < -0.4 is 5.32 Å². The lowest BCUT2D eigenvalue weighted by atomic mass is 9.88. The second kappa shape index (κ2) is 6.18. The van der Waals surface area contributed by atoms with Crippen LogP contribution in [0.25, 0.3) is 0 Å². The van der Waals surface area contributed by atoms with Crippen LogP contribution in [-0.2, 0) is 10.3 Å². The van der Waals surface area contributed by atoms with E-state index in [1.54, 1.807) is 0 Å². The highest BCUT2D eigenvalue weighted by atomic mass is 16.5. The molecule has 2 rings (SSSR count). The molecule has 3 heteroatoms. The van der Waals surface area contributed by atoms with Crippen LogP contribution in [0.3, 0.4) is 0 Å². The van der Waals surface area contributed by atoms with Crippen LogP contribution in [0, 0.1) is 11.3 Å². The maximum atomic E-state index is 9.70. The van der Waals surface area contributed by atoms with E-state index >= 15 is 0 Å². The van der Waals surface area contributed by atoms with Crippen molar-refractivity contribution in [1.29, 1.82) is 5.26 Å². The molecule has 0 bridgehead atoms. The Labute approximate surface area is 115 Å². The second-order valence-corrected chi connectivity index (χ2v) is 5.47. The molecule has 0 heterocycles. The Bertz CT molecular complexity index is 434. The van der Waals surface area contributed by atoms with Crippen LogP contribution in [0.2, 0.25) is 0 Å². The Kier molecular flexibility index (Phi) is 4.57. The van der Waals surface area contributed by atoms with Gasteiger partial charge in [0.2, 0.25) is 0 Å². The van der Waals surface area contributed by atoms with Crippen molar-refractivity contribution in [2.75, 3.05) is 6.61 Å². The van der Waals surface area contributed by atoms with E-state index < -0.39 is 5.54 Å². The summed E-state index contributed by atoms with van der Waals surface area (Å²) in [5.74, 6) is 0. The molecule has 19 heavy (non-hydrogen) atoms. The monoisotopic (exact) mass is 258 g/mol. The van der Waals surface area contributed by atoms with Crippen LogP contribution in [0.5, 0.6) is 0 Å². The summed E-state index contributed by atoms with van der Waals surface area (Å²) in [6.45, 7) is 4.63. The third-order valence-electron chi connectivity index (χ3n) is 3.41. The van der Waals surface area contributed by atoms with Crippen molar-refractivity contribution < 1.29 is 4.74 Å². The third kappa shape index (κ3) is 3.79. The first-order valence-corrected chi connectivity index (χ1v) is 7.02. The van der Waals surface area contributed by atoms with Crippen LogP contribution >= 0.6 is 0 Å². The van der Waals surface area contributed by atoms with E-state index in [-0.39, 0.29) is 6.10 Å². The third-order valence-corrected chi connectivity index (χ3v) is 3.41. The molecule has 3 nitrogen and oxygen atoms in total. The predicted molar refractivity (Wildman–Crippen MR) is 75.6 cm³/mol. The van der Waals surface area contributed by atoms with Gasteiger partial charge in [0, 0.05) is 12.5 Å². The van der Waals surface area contributed by atoms with Gasteiger partial charge in [-0.25, -0.2) is 0 Å². The first-order chi connectivity index (χ1) is 9.16. The number of nitrogens with one attached hydrogen (secondary N) is 1. The summed E-state index contributed by atoms with van der Waals surface area (Å²) in [7, 11) is 0. The van der Waals surface area contributed by atoms with Gasteiger partial charge in [0.1, 0.15) is 5.54 Å². The van der Waals surface area contributed by atoms with E-state index in [9.17, 15) is 5.26 Å². The van der Waals surface area contributed by atoms with Gasteiger partial charge < -0.3 is 4.74 Å². The van der Waals surface area contributed by atoms with Crippen molar-refractivity contribution in [1.82, 2.24) is 5.32 Å². The molecule has 1 saturated carbocycles. The highest BCUT2D eigenvalue weighted by molar-refractivity contribution is 5.32. The van der Waals surface area contributed by atoms with Crippen molar-refractivity contribution in [3.8, 4) is 6.07 Å². The first kappa shape index (κ1) is 14.0. The van der Waals surface area contributed by atoms with Crippen molar-refractivity contribution >= 4 is 0 Å². The number of rotatable bonds is 7. The molecule has 0 amide bonds. The Hall–Kier alpha value is -1.37. The SMILES string of the molecule is CC(C)OCCC(C#N)(NC1CC1)c1ccccc1. The second-order valence-electron chi connectivity index (χ2n) is 5.47. The molecule has 1 N–H and O–H groups in total. The lowest BCUT2D eigenvalue weighted by Crippen LogP contribution is -2.43. The number of hydrogen-bond acceptors (Lipinski definition) is 3. The minimum absolute atomic E-state index is 0.202. The molecule has 102 valence electrons. The summed E-state index contributed by atoms with van der Waals surface area (Å²) in [6, 6.07) is 13.0. The van der Waals surface area contributed by atoms with E-state index in [1.165, 1.54) is 12.8 Å². The smallest absolute Gasteiger partial charge is 0.134 e. The van der Waals surface area contributed by atoms with Gasteiger partial charge in [-0.1, -0.05) is 30.3 Å². The van der Waals surface area contributed by atoms with Crippen molar-refractivity contribution in [3.63, 3.8) is 0 Å². The molecule has 1 aliphatic carbocycles. The van der Waals surface area contributed by atoms with Crippen LogP contribution in [0.1, 0.15) is 38.7 Å². The number of nitrogens with zero attached hydrogens (tertiary/aromatic N) is 1. The van der Waals surface area contributed by atoms with Gasteiger partial charge in [0.15, 0.2) is 0 Å². The van der Waals surface area contributed by atoms with Crippen molar-refractivity contribution in [3.05, 3.63) is 35.9 Å². The molecule has 0 radical (unpaired) electrons. The van der Waals surface area contributed by atoms with Gasteiger partial charge in [-0.15, -0.1) is 0 Å². The van der Waals surface area contributed by atoms with Crippen LogP contribution in [0.4, 0.5) is 0 Å². The standard InChI is InChI=1S/C16H22N2O/c1-13(2)19-11-10-16(12-17,18-15-8-9-15)14-6-4-3-5-7-14/h3-7,13,15,18H,8-11H2,1-2H3. The lowest BCUT2D eigenvalue weighted by Gasteiger charge is -2.29. The normalized spacial score (nSPS) is 18.0. The van der Waals surface area contributed by atoms with Gasteiger partial charge in [-0.3, -0.25) is 5.32 Å². The highest BCUT2D eigenvalue weighted by Crippen LogP contribution is 2.31. The van der Waals surface area contributed by atoms with E-state index in [4.69, 9.17) is 4.74 Å². The molecule has 0 aromatic heterocycles. The Morgan fingerprint density at radius 2 is 2.05 bits per heavy atom. The molecule has 1 atom stereocenters. The Morgan fingerprint density at radius 1 is 1.37 bits per heavy atom. The van der Waals surface area contributed by atoms with E-state index in [0.29, 0.717) is 19.1 Å². The fourth-order valence-corrected chi connectivity index (χ4v) is 2.20. The number of nitriles is 1.